The number of aliphatic hydroxyl groups is 1. The summed E-state index contributed by atoms with van der Waals surface area (Å²) < 4.78 is 45.9. The molecule has 2 fully saturated rings. The van der Waals surface area contributed by atoms with Crippen LogP contribution in [0, 0.1) is 11.8 Å². The fraction of sp³-hybridized carbons (Fsp3) is 0.469. The van der Waals surface area contributed by atoms with E-state index in [1.807, 2.05) is 44.2 Å². The predicted octanol–water partition coefficient (Wildman–Crippen LogP) is 3.14. The van der Waals surface area contributed by atoms with Gasteiger partial charge in [0.1, 0.15) is 6.10 Å². The zero-order chi connectivity index (χ0) is 32.8. The average Bonchev–Trinajstić information content (AvgIpc) is 3.76. The van der Waals surface area contributed by atoms with Crippen LogP contribution in [-0.4, -0.2) is 90.6 Å². The second-order valence-corrected chi connectivity index (χ2v) is 14.0. The summed E-state index contributed by atoms with van der Waals surface area (Å²) in [4.78, 5) is 31.5. The third-order valence-electron chi connectivity index (χ3n) is 7.94. The number of amides is 2. The van der Waals surface area contributed by atoms with E-state index < -0.39 is 34.4 Å². The first-order valence-electron chi connectivity index (χ1n) is 15.3. The topological polar surface area (TPSA) is 172 Å². The first kappa shape index (κ1) is 33.5. The van der Waals surface area contributed by atoms with Gasteiger partial charge in [-0.25, -0.2) is 18.2 Å². The number of carbonyl (C=O) groups excluding carboxylic acids is 2. The number of aliphatic hydroxyl groups excluding tert-OH is 1. The van der Waals surface area contributed by atoms with Crippen LogP contribution in [0.15, 0.2) is 65.7 Å². The van der Waals surface area contributed by atoms with E-state index in [0.717, 1.165) is 12.0 Å². The van der Waals surface area contributed by atoms with Crippen molar-refractivity contribution in [1.29, 1.82) is 0 Å². The van der Waals surface area contributed by atoms with Gasteiger partial charge in [-0.2, -0.15) is 4.31 Å². The minimum atomic E-state index is -4.05. The second-order valence-electron chi connectivity index (χ2n) is 12.0. The number of aromatic nitrogens is 2. The summed E-state index contributed by atoms with van der Waals surface area (Å²) in [6.45, 7) is 5.81. The fourth-order valence-corrected chi connectivity index (χ4v) is 7.31. The Labute approximate surface area is 268 Å². The molecular formula is C32H41N5O8S. The SMILES string of the molecule is CC(=O)Nc1ncc(-c2ccc(S(=O)(=O)N(CC(C)C)C[C@@H](O)[C@H](Cc3ccccc3)NC(=O)O[C@H]3CO[C@H]4OCC[C@H]43)cc2)[nH]1. The molecule has 248 valence electrons. The van der Waals surface area contributed by atoms with Gasteiger partial charge in [0.15, 0.2) is 6.29 Å². The van der Waals surface area contributed by atoms with Crippen molar-refractivity contribution < 1.29 is 37.3 Å². The lowest BCUT2D eigenvalue weighted by atomic mass is 10.0. The molecule has 5 rings (SSSR count). The summed E-state index contributed by atoms with van der Waals surface area (Å²) >= 11 is 0. The van der Waals surface area contributed by atoms with Crippen LogP contribution in [0.5, 0.6) is 0 Å². The lowest BCUT2D eigenvalue weighted by Gasteiger charge is -2.31. The van der Waals surface area contributed by atoms with Gasteiger partial charge in [0.25, 0.3) is 0 Å². The van der Waals surface area contributed by atoms with E-state index in [0.29, 0.717) is 17.9 Å². The maximum atomic E-state index is 13.9. The molecule has 2 aliphatic heterocycles. The van der Waals surface area contributed by atoms with Gasteiger partial charge in [-0.3, -0.25) is 10.1 Å². The maximum absolute atomic E-state index is 13.9. The number of ether oxygens (including phenoxy) is 3. The Morgan fingerprint density at radius 3 is 2.54 bits per heavy atom. The van der Waals surface area contributed by atoms with Gasteiger partial charge >= 0.3 is 6.09 Å². The Morgan fingerprint density at radius 2 is 1.85 bits per heavy atom. The molecule has 0 radical (unpaired) electrons. The lowest BCUT2D eigenvalue weighted by Crippen LogP contribution is -2.51. The number of anilines is 1. The van der Waals surface area contributed by atoms with Crippen molar-refractivity contribution in [2.45, 2.75) is 63.0 Å². The Balaban J connectivity index is 1.32. The van der Waals surface area contributed by atoms with E-state index in [1.165, 1.54) is 23.4 Å². The molecule has 3 heterocycles. The molecule has 3 aromatic rings. The van der Waals surface area contributed by atoms with Crippen LogP contribution < -0.4 is 10.6 Å². The standard InChI is InChI=1S/C32H41N5O8S/c1-20(2)17-37(46(41,42)24-11-9-23(10-12-24)27-16-33-31(35-27)34-21(3)38)18-28(39)26(15-22-7-5-4-6-8-22)36-32(40)45-29-19-44-30-25(29)13-14-43-30/h4-12,16,20,25-26,28-30,39H,13-15,17-19H2,1-3H3,(H,36,40)(H2,33,34,35,38)/t25-,26-,28+,29-,30+/m0/s1. The third kappa shape index (κ3) is 8.30. The molecule has 1 aromatic heterocycles. The van der Waals surface area contributed by atoms with Gasteiger partial charge in [-0.1, -0.05) is 56.3 Å². The highest BCUT2D eigenvalue weighted by atomic mass is 32.2. The zero-order valence-electron chi connectivity index (χ0n) is 26.1. The number of sulfonamides is 1. The van der Waals surface area contributed by atoms with Gasteiger partial charge < -0.3 is 29.6 Å². The number of rotatable bonds is 13. The number of aromatic amines is 1. The molecule has 2 aromatic carbocycles. The van der Waals surface area contributed by atoms with Crippen molar-refractivity contribution in [3.63, 3.8) is 0 Å². The van der Waals surface area contributed by atoms with Crippen molar-refractivity contribution in [3.05, 3.63) is 66.4 Å². The van der Waals surface area contributed by atoms with Crippen LogP contribution in [-0.2, 0) is 35.4 Å². The van der Waals surface area contributed by atoms with E-state index in [9.17, 15) is 23.1 Å². The second kappa shape index (κ2) is 14.7. The summed E-state index contributed by atoms with van der Waals surface area (Å²) in [6, 6.07) is 14.8. The smallest absolute Gasteiger partial charge is 0.407 e. The van der Waals surface area contributed by atoms with E-state index in [4.69, 9.17) is 14.2 Å². The summed E-state index contributed by atoms with van der Waals surface area (Å²) in [5.74, 6) is -0.0810. The molecule has 13 nitrogen and oxygen atoms in total. The van der Waals surface area contributed by atoms with Gasteiger partial charge in [-0.15, -0.1) is 0 Å². The van der Waals surface area contributed by atoms with Gasteiger partial charge in [0, 0.05) is 20.0 Å². The number of nitrogens with zero attached hydrogens (tertiary/aromatic N) is 2. The van der Waals surface area contributed by atoms with E-state index in [-0.39, 0.29) is 61.0 Å². The number of H-pyrrole nitrogens is 1. The van der Waals surface area contributed by atoms with Crippen LogP contribution in [0.1, 0.15) is 32.8 Å². The minimum absolute atomic E-state index is 0.0474. The van der Waals surface area contributed by atoms with Crippen molar-refractivity contribution in [2.75, 3.05) is 31.6 Å². The highest BCUT2D eigenvalue weighted by Crippen LogP contribution is 2.33. The highest BCUT2D eigenvalue weighted by molar-refractivity contribution is 7.89. The van der Waals surface area contributed by atoms with Crippen LogP contribution >= 0.6 is 0 Å². The van der Waals surface area contributed by atoms with Gasteiger partial charge in [0.2, 0.25) is 21.9 Å². The fourth-order valence-electron chi connectivity index (χ4n) is 5.69. The maximum Gasteiger partial charge on any atom is 0.407 e. The molecule has 2 amide bonds. The molecule has 2 aliphatic rings. The number of benzene rings is 2. The largest absolute Gasteiger partial charge is 0.443 e. The van der Waals surface area contributed by atoms with Crippen molar-refractivity contribution >= 4 is 28.0 Å². The number of carbonyl (C=O) groups is 2. The zero-order valence-corrected chi connectivity index (χ0v) is 26.9. The van der Waals surface area contributed by atoms with E-state index in [1.54, 1.807) is 18.3 Å². The molecule has 0 saturated carbocycles. The molecular weight excluding hydrogens is 614 g/mol. The molecule has 5 atom stereocenters. The normalized spacial score (nSPS) is 20.8. The first-order chi connectivity index (χ1) is 22.0. The molecule has 0 bridgehead atoms. The highest BCUT2D eigenvalue weighted by Gasteiger charge is 2.44. The summed E-state index contributed by atoms with van der Waals surface area (Å²) in [7, 11) is -4.05. The number of imidazole rings is 1. The Morgan fingerprint density at radius 1 is 1.11 bits per heavy atom. The van der Waals surface area contributed by atoms with Crippen molar-refractivity contribution in [3.8, 4) is 11.3 Å². The number of hydrogen-bond donors (Lipinski definition) is 4. The Hall–Kier alpha value is -3.82. The third-order valence-corrected chi connectivity index (χ3v) is 9.79. The Bertz CT molecular complexity index is 1580. The van der Waals surface area contributed by atoms with Crippen LogP contribution in [0.2, 0.25) is 0 Å². The molecule has 0 unspecified atom stereocenters. The predicted molar refractivity (Wildman–Crippen MR) is 169 cm³/mol. The Kier molecular flexibility index (Phi) is 10.7. The molecule has 0 spiro atoms. The van der Waals surface area contributed by atoms with Crippen molar-refractivity contribution in [2.24, 2.45) is 11.8 Å². The number of fused-ring (bicyclic) bond motifs is 1. The quantitative estimate of drug-likeness (QED) is 0.216. The minimum Gasteiger partial charge on any atom is -0.443 e. The van der Waals surface area contributed by atoms with E-state index >= 15 is 0 Å². The van der Waals surface area contributed by atoms with Crippen LogP contribution in [0.3, 0.4) is 0 Å². The number of hydrogen-bond acceptors (Lipinski definition) is 9. The monoisotopic (exact) mass is 655 g/mol. The molecule has 14 heteroatoms. The van der Waals surface area contributed by atoms with Gasteiger partial charge in [0.05, 0.1) is 48.1 Å². The van der Waals surface area contributed by atoms with Crippen LogP contribution in [0.4, 0.5) is 10.7 Å². The average molecular weight is 656 g/mol. The number of nitrogens with one attached hydrogen (secondary N) is 3. The van der Waals surface area contributed by atoms with Gasteiger partial charge in [-0.05, 0) is 42.0 Å². The van der Waals surface area contributed by atoms with E-state index in [2.05, 4.69) is 20.6 Å². The molecule has 0 aliphatic carbocycles. The van der Waals surface area contributed by atoms with Crippen molar-refractivity contribution in [1.82, 2.24) is 19.6 Å². The molecule has 4 N–H and O–H groups in total. The summed E-state index contributed by atoms with van der Waals surface area (Å²) in [5.41, 5.74) is 2.13. The summed E-state index contributed by atoms with van der Waals surface area (Å²) in [5, 5.41) is 16.9. The number of alkyl carbamates (subject to hydrolysis) is 1. The molecule has 46 heavy (non-hydrogen) atoms. The first-order valence-corrected chi connectivity index (χ1v) is 16.8. The molecule has 2 saturated heterocycles. The van der Waals surface area contributed by atoms with Crippen LogP contribution in [0.25, 0.3) is 11.3 Å². The summed E-state index contributed by atoms with van der Waals surface area (Å²) in [6.07, 6.45) is -0.310. The lowest BCUT2D eigenvalue weighted by molar-refractivity contribution is -0.114.